The van der Waals surface area contributed by atoms with Crippen molar-refractivity contribution in [2.45, 2.75) is 18.5 Å². The number of aliphatic hydroxyl groups is 1. The predicted molar refractivity (Wildman–Crippen MR) is 85.8 cm³/mol. The number of furan rings is 1. The molecule has 1 fully saturated rings. The lowest BCUT2D eigenvalue weighted by molar-refractivity contribution is -0.105. The molecule has 0 bridgehead atoms. The van der Waals surface area contributed by atoms with Gasteiger partial charge in [0, 0.05) is 24.7 Å². The number of fused-ring (bicyclic) bond motifs is 1. The van der Waals surface area contributed by atoms with Gasteiger partial charge in [-0.1, -0.05) is 0 Å². The number of nitrogens with one attached hydrogen (secondary N) is 2. The summed E-state index contributed by atoms with van der Waals surface area (Å²) in [5.41, 5.74) is 0.964. The van der Waals surface area contributed by atoms with Gasteiger partial charge in [-0.15, -0.1) is 0 Å². The molecular formula is C15H20ClN3O4. The average Bonchev–Trinajstić information content (AvgIpc) is 3.06. The highest BCUT2D eigenvalue weighted by Crippen LogP contribution is 2.24. The molecule has 0 aliphatic carbocycles. The van der Waals surface area contributed by atoms with Crippen molar-refractivity contribution in [3.05, 3.63) is 23.0 Å². The fourth-order valence-corrected chi connectivity index (χ4v) is 3.04. The van der Waals surface area contributed by atoms with Crippen molar-refractivity contribution >= 4 is 28.6 Å². The molecule has 2 atom stereocenters. The van der Waals surface area contributed by atoms with E-state index in [4.69, 9.17) is 20.8 Å². The first-order chi connectivity index (χ1) is 10.9. The number of amides is 1. The van der Waals surface area contributed by atoms with Crippen LogP contribution in [-0.4, -0.2) is 65.9 Å². The van der Waals surface area contributed by atoms with Gasteiger partial charge in [-0.05, 0) is 25.6 Å². The van der Waals surface area contributed by atoms with E-state index in [2.05, 4.69) is 15.2 Å². The van der Waals surface area contributed by atoms with Gasteiger partial charge >= 0.3 is 0 Å². The van der Waals surface area contributed by atoms with Crippen LogP contribution in [0.3, 0.4) is 0 Å². The van der Waals surface area contributed by atoms with Gasteiger partial charge in [0.2, 0.25) is 0 Å². The highest BCUT2D eigenvalue weighted by Gasteiger charge is 2.40. The molecule has 8 heteroatoms. The standard InChI is InChI=1S/C15H20ClN3O4/c1-9-5-22-8-15(7-20,19(9)2)6-17-14(21)11-3-12-10(18-11)4-13(16)23-12/h3-4,9,18,20H,5-8H2,1-2H3,(H,17,21)/t9-,15+/m1/s1. The molecule has 23 heavy (non-hydrogen) atoms. The van der Waals surface area contributed by atoms with Gasteiger partial charge in [0.05, 0.1) is 30.9 Å². The smallest absolute Gasteiger partial charge is 0.267 e. The molecular weight excluding hydrogens is 322 g/mol. The number of hydrogen-bond donors (Lipinski definition) is 3. The van der Waals surface area contributed by atoms with E-state index in [9.17, 15) is 9.90 Å². The lowest BCUT2D eigenvalue weighted by atomic mass is 9.96. The summed E-state index contributed by atoms with van der Waals surface area (Å²) in [5, 5.41) is 12.9. The molecule has 0 aromatic carbocycles. The van der Waals surface area contributed by atoms with Crippen LogP contribution in [0.25, 0.3) is 11.1 Å². The number of aliphatic hydroxyl groups excluding tert-OH is 1. The number of morpholine rings is 1. The first kappa shape index (κ1) is 16.3. The second-order valence-electron chi connectivity index (χ2n) is 6.05. The molecule has 1 amide bonds. The zero-order chi connectivity index (χ0) is 16.6. The Morgan fingerprint density at radius 1 is 1.61 bits per heavy atom. The van der Waals surface area contributed by atoms with Crippen molar-refractivity contribution in [3.63, 3.8) is 0 Å². The van der Waals surface area contributed by atoms with E-state index in [1.807, 2.05) is 14.0 Å². The van der Waals surface area contributed by atoms with Crippen LogP contribution in [0.15, 0.2) is 16.5 Å². The molecule has 2 aromatic heterocycles. The molecule has 0 unspecified atom stereocenters. The number of aromatic nitrogens is 1. The third-order valence-electron chi connectivity index (χ3n) is 4.53. The fraction of sp³-hybridized carbons (Fsp3) is 0.533. The molecule has 1 aliphatic heterocycles. The molecule has 126 valence electrons. The van der Waals surface area contributed by atoms with Gasteiger partial charge in [0.25, 0.3) is 5.91 Å². The Labute approximate surface area is 138 Å². The van der Waals surface area contributed by atoms with E-state index in [1.54, 1.807) is 12.1 Å². The minimum atomic E-state index is -0.623. The van der Waals surface area contributed by atoms with Crippen molar-refractivity contribution in [3.8, 4) is 0 Å². The third-order valence-corrected chi connectivity index (χ3v) is 4.72. The predicted octanol–water partition coefficient (Wildman–Crippen LogP) is 1.23. The largest absolute Gasteiger partial charge is 0.443 e. The van der Waals surface area contributed by atoms with E-state index < -0.39 is 5.54 Å². The van der Waals surface area contributed by atoms with Crippen molar-refractivity contribution < 1.29 is 19.1 Å². The SMILES string of the molecule is C[C@@H]1COC[C@@](CO)(CNC(=O)c2cc3oc(Cl)cc3[nH]2)N1C. The summed E-state index contributed by atoms with van der Waals surface area (Å²) in [5.74, 6) is -0.271. The van der Waals surface area contributed by atoms with E-state index in [0.717, 1.165) is 0 Å². The molecule has 1 aliphatic rings. The number of ether oxygens (including phenoxy) is 1. The minimum absolute atomic E-state index is 0.100. The highest BCUT2D eigenvalue weighted by atomic mass is 35.5. The first-order valence-corrected chi connectivity index (χ1v) is 7.81. The summed E-state index contributed by atoms with van der Waals surface area (Å²) in [4.78, 5) is 17.3. The summed E-state index contributed by atoms with van der Waals surface area (Å²) < 4.78 is 10.8. The number of carbonyl (C=O) groups is 1. The van der Waals surface area contributed by atoms with Gasteiger partial charge in [-0.3, -0.25) is 9.69 Å². The molecule has 0 radical (unpaired) electrons. The fourth-order valence-electron chi connectivity index (χ4n) is 2.84. The van der Waals surface area contributed by atoms with Crippen LogP contribution < -0.4 is 5.32 Å². The monoisotopic (exact) mass is 341 g/mol. The quantitative estimate of drug-likeness (QED) is 0.778. The van der Waals surface area contributed by atoms with Crippen LogP contribution in [-0.2, 0) is 4.74 Å². The zero-order valence-corrected chi connectivity index (χ0v) is 13.8. The number of likely N-dealkylation sites (N-methyl/N-ethyl adjacent to an activating group) is 1. The highest BCUT2D eigenvalue weighted by molar-refractivity contribution is 6.29. The third kappa shape index (κ3) is 2.97. The van der Waals surface area contributed by atoms with Gasteiger partial charge < -0.3 is 24.6 Å². The van der Waals surface area contributed by atoms with Crippen LogP contribution in [0.2, 0.25) is 5.22 Å². The lowest BCUT2D eigenvalue weighted by Gasteiger charge is -2.47. The average molecular weight is 342 g/mol. The van der Waals surface area contributed by atoms with E-state index in [0.29, 0.717) is 30.0 Å². The topological polar surface area (TPSA) is 90.7 Å². The Balaban J connectivity index is 1.70. The first-order valence-electron chi connectivity index (χ1n) is 7.43. The maximum absolute atomic E-state index is 12.3. The molecule has 3 rings (SSSR count). The number of hydrogen-bond acceptors (Lipinski definition) is 5. The number of H-pyrrole nitrogens is 1. The molecule has 3 heterocycles. The van der Waals surface area contributed by atoms with Gasteiger partial charge in [0.1, 0.15) is 5.69 Å². The van der Waals surface area contributed by atoms with Crippen LogP contribution >= 0.6 is 11.6 Å². The lowest BCUT2D eigenvalue weighted by Crippen LogP contribution is -2.65. The van der Waals surface area contributed by atoms with Crippen LogP contribution in [0, 0.1) is 0 Å². The summed E-state index contributed by atoms with van der Waals surface area (Å²) in [6, 6.07) is 3.39. The van der Waals surface area contributed by atoms with Crippen molar-refractivity contribution in [1.29, 1.82) is 0 Å². The Hall–Kier alpha value is -1.54. The summed E-state index contributed by atoms with van der Waals surface area (Å²) in [7, 11) is 1.93. The minimum Gasteiger partial charge on any atom is -0.443 e. The maximum atomic E-state index is 12.3. The zero-order valence-electron chi connectivity index (χ0n) is 13.1. The summed E-state index contributed by atoms with van der Waals surface area (Å²) >= 11 is 5.75. The Bertz CT molecular complexity index is 681. The molecule has 1 saturated heterocycles. The normalized spacial score (nSPS) is 25.8. The van der Waals surface area contributed by atoms with Crippen LogP contribution in [0.5, 0.6) is 0 Å². The molecule has 7 nitrogen and oxygen atoms in total. The van der Waals surface area contributed by atoms with E-state index in [1.165, 1.54) is 0 Å². The Morgan fingerprint density at radius 2 is 2.39 bits per heavy atom. The molecule has 0 saturated carbocycles. The molecule has 3 N–H and O–H groups in total. The second-order valence-corrected chi connectivity index (χ2v) is 6.42. The second kappa shape index (κ2) is 6.16. The summed E-state index contributed by atoms with van der Waals surface area (Å²) in [6.45, 7) is 3.18. The van der Waals surface area contributed by atoms with E-state index >= 15 is 0 Å². The van der Waals surface area contributed by atoms with Crippen molar-refractivity contribution in [1.82, 2.24) is 15.2 Å². The maximum Gasteiger partial charge on any atom is 0.267 e. The van der Waals surface area contributed by atoms with Crippen molar-refractivity contribution in [2.24, 2.45) is 0 Å². The number of nitrogens with zero attached hydrogens (tertiary/aromatic N) is 1. The molecule has 2 aromatic rings. The van der Waals surface area contributed by atoms with Crippen LogP contribution in [0.4, 0.5) is 0 Å². The number of halogens is 1. The van der Waals surface area contributed by atoms with Crippen LogP contribution in [0.1, 0.15) is 17.4 Å². The van der Waals surface area contributed by atoms with E-state index in [-0.39, 0.29) is 30.3 Å². The van der Waals surface area contributed by atoms with Crippen molar-refractivity contribution in [2.75, 3.05) is 33.4 Å². The summed E-state index contributed by atoms with van der Waals surface area (Å²) in [6.07, 6.45) is 0. The van der Waals surface area contributed by atoms with Gasteiger partial charge in [-0.2, -0.15) is 0 Å². The van der Waals surface area contributed by atoms with Gasteiger partial charge in [0.15, 0.2) is 10.8 Å². The Morgan fingerprint density at radius 3 is 3.09 bits per heavy atom. The number of rotatable bonds is 4. The number of carbonyl (C=O) groups excluding carboxylic acids is 1. The number of aromatic amines is 1. The van der Waals surface area contributed by atoms with Gasteiger partial charge in [-0.25, -0.2) is 0 Å². The molecule has 0 spiro atoms. The Kier molecular flexibility index (Phi) is 4.37.